The summed E-state index contributed by atoms with van der Waals surface area (Å²) in [6, 6.07) is 8.14. The Morgan fingerprint density at radius 3 is 2.50 bits per heavy atom. The molecule has 1 aromatic heterocycles. The molecule has 2 heteroatoms. The number of hydrogen-bond donors (Lipinski definition) is 0. The van der Waals surface area contributed by atoms with Crippen molar-refractivity contribution in [2.75, 3.05) is 0 Å². The molecule has 0 amide bonds. The number of hydrogen-bond acceptors (Lipinski definition) is 2. The highest BCUT2D eigenvalue weighted by atomic mass is 14.9. The van der Waals surface area contributed by atoms with E-state index in [1.54, 1.807) is 0 Å². The summed E-state index contributed by atoms with van der Waals surface area (Å²) in [4.78, 5) is 9.26. The van der Waals surface area contributed by atoms with E-state index in [0.29, 0.717) is 0 Å². The predicted molar refractivity (Wildman–Crippen MR) is 87.2 cm³/mol. The van der Waals surface area contributed by atoms with Gasteiger partial charge in [-0.1, -0.05) is 36.4 Å². The number of para-hydroxylation sites is 1. The SMILES string of the molecule is C#C.C/C=C\C/C(=C\C)c1nc(C)c2ccccc2n1. The Hall–Kier alpha value is -2.40. The van der Waals surface area contributed by atoms with E-state index in [-0.39, 0.29) is 0 Å². The van der Waals surface area contributed by atoms with Crippen LogP contribution >= 0.6 is 0 Å². The first kappa shape index (κ1) is 15.7. The number of aromatic nitrogens is 2. The first-order valence-electron chi connectivity index (χ1n) is 6.59. The van der Waals surface area contributed by atoms with Gasteiger partial charge in [0, 0.05) is 11.1 Å². The summed E-state index contributed by atoms with van der Waals surface area (Å²) in [7, 11) is 0. The molecule has 0 saturated heterocycles. The van der Waals surface area contributed by atoms with Crippen LogP contribution in [-0.2, 0) is 0 Å². The summed E-state index contributed by atoms with van der Waals surface area (Å²) < 4.78 is 0. The van der Waals surface area contributed by atoms with Crippen molar-refractivity contribution in [3.8, 4) is 12.8 Å². The van der Waals surface area contributed by atoms with E-state index in [0.717, 1.165) is 28.8 Å². The zero-order chi connectivity index (χ0) is 15.0. The van der Waals surface area contributed by atoms with Gasteiger partial charge < -0.3 is 0 Å². The van der Waals surface area contributed by atoms with Crippen molar-refractivity contribution >= 4 is 16.5 Å². The number of aryl methyl sites for hydroxylation is 1. The van der Waals surface area contributed by atoms with Crippen molar-refractivity contribution in [1.29, 1.82) is 0 Å². The lowest BCUT2D eigenvalue weighted by Crippen LogP contribution is -1.97. The molecule has 0 fully saturated rings. The Morgan fingerprint density at radius 1 is 1.15 bits per heavy atom. The Labute approximate surface area is 121 Å². The highest BCUT2D eigenvalue weighted by Crippen LogP contribution is 2.20. The third-order valence-corrected chi connectivity index (χ3v) is 3.00. The quantitative estimate of drug-likeness (QED) is 0.600. The van der Waals surface area contributed by atoms with Crippen molar-refractivity contribution in [3.05, 3.63) is 54.0 Å². The highest BCUT2D eigenvalue weighted by Gasteiger charge is 2.06. The van der Waals surface area contributed by atoms with Gasteiger partial charge in [0.1, 0.15) is 0 Å². The summed E-state index contributed by atoms with van der Waals surface area (Å²) in [5.41, 5.74) is 3.22. The molecule has 102 valence electrons. The fourth-order valence-corrected chi connectivity index (χ4v) is 1.96. The summed E-state index contributed by atoms with van der Waals surface area (Å²) >= 11 is 0. The van der Waals surface area contributed by atoms with Gasteiger partial charge in [-0.3, -0.25) is 0 Å². The molecule has 0 spiro atoms. The zero-order valence-corrected chi connectivity index (χ0v) is 12.3. The van der Waals surface area contributed by atoms with Gasteiger partial charge >= 0.3 is 0 Å². The van der Waals surface area contributed by atoms with Gasteiger partial charge in [-0.15, -0.1) is 12.8 Å². The summed E-state index contributed by atoms with van der Waals surface area (Å²) in [5, 5.41) is 1.13. The molecular weight excluding hydrogens is 244 g/mol. The lowest BCUT2D eigenvalue weighted by Gasteiger charge is -2.07. The van der Waals surface area contributed by atoms with Crippen molar-refractivity contribution in [2.45, 2.75) is 27.2 Å². The van der Waals surface area contributed by atoms with Crippen LogP contribution in [-0.4, -0.2) is 9.97 Å². The second kappa shape index (κ2) is 7.91. The van der Waals surface area contributed by atoms with Crippen LogP contribution in [0.3, 0.4) is 0 Å². The van der Waals surface area contributed by atoms with Gasteiger partial charge in [-0.2, -0.15) is 0 Å². The maximum absolute atomic E-state index is 4.65. The molecule has 2 nitrogen and oxygen atoms in total. The molecule has 0 radical (unpaired) electrons. The Balaban J connectivity index is 0.000000956. The number of benzene rings is 1. The summed E-state index contributed by atoms with van der Waals surface area (Å²) in [6.45, 7) is 6.10. The van der Waals surface area contributed by atoms with Crippen LogP contribution < -0.4 is 0 Å². The van der Waals surface area contributed by atoms with Gasteiger partial charge in [-0.25, -0.2) is 9.97 Å². The van der Waals surface area contributed by atoms with Crippen molar-refractivity contribution in [1.82, 2.24) is 9.97 Å². The van der Waals surface area contributed by atoms with Crippen LogP contribution in [0.4, 0.5) is 0 Å². The van der Waals surface area contributed by atoms with Gasteiger partial charge in [0.2, 0.25) is 0 Å². The van der Waals surface area contributed by atoms with Crippen LogP contribution in [0, 0.1) is 19.8 Å². The van der Waals surface area contributed by atoms with Crippen molar-refractivity contribution in [3.63, 3.8) is 0 Å². The molecule has 0 aliphatic heterocycles. The summed E-state index contributed by atoms with van der Waals surface area (Å²) in [6.07, 6.45) is 15.1. The smallest absolute Gasteiger partial charge is 0.155 e. The normalized spacial score (nSPS) is 11.3. The van der Waals surface area contributed by atoms with Crippen LogP contribution in [0.2, 0.25) is 0 Å². The number of allylic oxidation sites excluding steroid dienone is 4. The number of nitrogens with zero attached hydrogens (tertiary/aromatic N) is 2. The second-order valence-electron chi connectivity index (χ2n) is 4.24. The van der Waals surface area contributed by atoms with Crippen LogP contribution in [0.1, 0.15) is 31.8 Å². The monoisotopic (exact) mass is 264 g/mol. The zero-order valence-electron chi connectivity index (χ0n) is 12.3. The number of fused-ring (bicyclic) bond motifs is 1. The van der Waals surface area contributed by atoms with E-state index in [9.17, 15) is 0 Å². The fourth-order valence-electron chi connectivity index (χ4n) is 1.96. The Morgan fingerprint density at radius 2 is 1.85 bits per heavy atom. The average molecular weight is 264 g/mol. The molecule has 1 aromatic carbocycles. The largest absolute Gasteiger partial charge is 0.233 e. The lowest BCUT2D eigenvalue weighted by atomic mass is 10.1. The standard InChI is InChI=1S/C16H18N2.C2H2/c1-4-6-9-13(5-2)16-17-12(3)14-10-7-8-11-15(14)18-16;1-2/h4-8,10-11H,9H2,1-3H3;1-2H/b6-4-,13-5+;. The van der Waals surface area contributed by atoms with Crippen LogP contribution in [0.25, 0.3) is 16.5 Å². The van der Waals surface area contributed by atoms with E-state index in [4.69, 9.17) is 0 Å². The maximum Gasteiger partial charge on any atom is 0.155 e. The molecule has 20 heavy (non-hydrogen) atoms. The molecule has 1 heterocycles. The van der Waals surface area contributed by atoms with Crippen LogP contribution in [0.5, 0.6) is 0 Å². The van der Waals surface area contributed by atoms with E-state index in [1.807, 2.05) is 39.0 Å². The molecule has 0 bridgehead atoms. The molecular formula is C18H20N2. The lowest BCUT2D eigenvalue weighted by molar-refractivity contribution is 1.09. The molecule has 2 rings (SSSR count). The highest BCUT2D eigenvalue weighted by molar-refractivity contribution is 5.82. The van der Waals surface area contributed by atoms with Crippen molar-refractivity contribution < 1.29 is 0 Å². The van der Waals surface area contributed by atoms with Crippen molar-refractivity contribution in [2.24, 2.45) is 0 Å². The van der Waals surface area contributed by atoms with Gasteiger partial charge in [0.15, 0.2) is 5.82 Å². The van der Waals surface area contributed by atoms with E-state index in [1.165, 1.54) is 5.57 Å². The molecule has 0 unspecified atom stereocenters. The van der Waals surface area contributed by atoms with Gasteiger partial charge in [0.05, 0.1) is 5.52 Å². The fraction of sp³-hybridized carbons (Fsp3) is 0.222. The first-order valence-corrected chi connectivity index (χ1v) is 6.59. The molecule has 2 aromatic rings. The minimum absolute atomic E-state index is 0.840. The average Bonchev–Trinajstić information content (AvgIpc) is 2.50. The Kier molecular flexibility index (Phi) is 6.19. The topological polar surface area (TPSA) is 25.8 Å². The molecule has 0 N–H and O–H groups in total. The number of terminal acetylenes is 1. The minimum Gasteiger partial charge on any atom is -0.233 e. The first-order chi connectivity index (χ1) is 9.76. The van der Waals surface area contributed by atoms with E-state index < -0.39 is 0 Å². The molecule has 0 aliphatic rings. The predicted octanol–water partition coefficient (Wildman–Crippen LogP) is 4.56. The molecule has 0 saturated carbocycles. The third kappa shape index (κ3) is 3.55. The van der Waals surface area contributed by atoms with Gasteiger partial charge in [-0.05, 0) is 38.8 Å². The van der Waals surface area contributed by atoms with E-state index in [2.05, 4.69) is 47.1 Å². The van der Waals surface area contributed by atoms with Gasteiger partial charge in [0.25, 0.3) is 0 Å². The number of rotatable bonds is 3. The van der Waals surface area contributed by atoms with E-state index >= 15 is 0 Å². The maximum atomic E-state index is 4.65. The Bertz CT molecular complexity index is 649. The van der Waals surface area contributed by atoms with Crippen LogP contribution in [0.15, 0.2) is 42.5 Å². The second-order valence-corrected chi connectivity index (χ2v) is 4.24. The molecule has 0 aliphatic carbocycles. The minimum atomic E-state index is 0.840. The summed E-state index contributed by atoms with van der Waals surface area (Å²) in [5.74, 6) is 0.840. The third-order valence-electron chi connectivity index (χ3n) is 3.00. The molecule has 0 atom stereocenters.